The highest BCUT2D eigenvalue weighted by Gasteiger charge is 2.35. The molecule has 0 unspecified atom stereocenters. The molecule has 8 heteroatoms. The Morgan fingerprint density at radius 2 is 1.83 bits per heavy atom. The molecule has 0 radical (unpaired) electrons. The average Bonchev–Trinajstić information content (AvgIpc) is 2.48. The fraction of sp³-hybridized carbons (Fsp3) is 0.133. The summed E-state index contributed by atoms with van der Waals surface area (Å²) in [5.74, 6) is -2.54. The first-order chi connectivity index (χ1) is 10.8. The van der Waals surface area contributed by atoms with Gasteiger partial charge in [0.15, 0.2) is 0 Å². The first-order valence-corrected chi connectivity index (χ1v) is 6.35. The molecule has 23 heavy (non-hydrogen) atoms. The first-order valence-electron chi connectivity index (χ1n) is 6.35. The predicted molar refractivity (Wildman–Crippen MR) is 73.3 cm³/mol. The van der Waals surface area contributed by atoms with Gasteiger partial charge in [0.1, 0.15) is 18.2 Å². The monoisotopic (exact) mass is 329 g/mol. The minimum absolute atomic E-state index is 0.0868. The van der Waals surface area contributed by atoms with E-state index in [1.165, 1.54) is 0 Å². The SMILES string of the molecule is O=C(Nc1cc(F)c(C(F)(F)F)cc1O)OCc1ccccc1. The predicted octanol–water partition coefficient (Wildman–Crippen LogP) is 4.30. The number of rotatable bonds is 3. The third-order valence-electron chi connectivity index (χ3n) is 2.84. The highest BCUT2D eigenvalue weighted by molar-refractivity contribution is 5.86. The molecule has 2 aromatic carbocycles. The summed E-state index contributed by atoms with van der Waals surface area (Å²) < 4.78 is 55.6. The number of nitrogens with one attached hydrogen (secondary N) is 1. The number of halogens is 4. The maximum absolute atomic E-state index is 13.4. The zero-order valence-electron chi connectivity index (χ0n) is 11.5. The normalized spacial score (nSPS) is 11.1. The smallest absolute Gasteiger partial charge is 0.419 e. The van der Waals surface area contributed by atoms with Gasteiger partial charge in [-0.1, -0.05) is 30.3 Å². The van der Waals surface area contributed by atoms with Crippen molar-refractivity contribution in [2.24, 2.45) is 0 Å². The standard InChI is InChI=1S/C15H11F4NO3/c16-11-7-12(13(21)6-10(11)15(17,18)19)20-14(22)23-8-9-4-2-1-3-5-9/h1-7,21H,8H2,(H,20,22). The highest BCUT2D eigenvalue weighted by atomic mass is 19.4. The van der Waals surface area contributed by atoms with Crippen molar-refractivity contribution in [2.45, 2.75) is 12.8 Å². The largest absolute Gasteiger partial charge is 0.506 e. The molecule has 0 aliphatic carbocycles. The molecule has 2 aromatic rings. The van der Waals surface area contributed by atoms with Gasteiger partial charge in [-0.3, -0.25) is 5.32 Å². The number of carbonyl (C=O) groups excluding carboxylic acids is 1. The van der Waals surface area contributed by atoms with Crippen LogP contribution in [0.1, 0.15) is 11.1 Å². The van der Waals surface area contributed by atoms with Gasteiger partial charge in [-0.25, -0.2) is 9.18 Å². The van der Waals surface area contributed by atoms with Crippen molar-refractivity contribution in [3.05, 3.63) is 59.4 Å². The lowest BCUT2D eigenvalue weighted by atomic mass is 10.1. The molecule has 0 heterocycles. The second-order valence-corrected chi connectivity index (χ2v) is 4.53. The molecule has 2 rings (SSSR count). The quantitative estimate of drug-likeness (QED) is 0.652. The van der Waals surface area contributed by atoms with Crippen molar-refractivity contribution in [1.82, 2.24) is 0 Å². The number of carbonyl (C=O) groups is 1. The maximum Gasteiger partial charge on any atom is 0.419 e. The van der Waals surface area contributed by atoms with Crippen molar-refractivity contribution in [3.63, 3.8) is 0 Å². The Hall–Kier alpha value is -2.77. The molecule has 0 aromatic heterocycles. The summed E-state index contributed by atoms with van der Waals surface area (Å²) >= 11 is 0. The van der Waals surface area contributed by atoms with Crippen LogP contribution in [0.3, 0.4) is 0 Å². The zero-order valence-corrected chi connectivity index (χ0v) is 11.5. The Morgan fingerprint density at radius 3 is 2.43 bits per heavy atom. The minimum Gasteiger partial charge on any atom is -0.506 e. The second-order valence-electron chi connectivity index (χ2n) is 4.53. The Kier molecular flexibility index (Phi) is 4.73. The topological polar surface area (TPSA) is 58.6 Å². The molecule has 0 fully saturated rings. The second kappa shape index (κ2) is 6.55. The van der Waals surface area contributed by atoms with Crippen LogP contribution >= 0.6 is 0 Å². The summed E-state index contributed by atoms with van der Waals surface area (Å²) in [5.41, 5.74) is -1.46. The summed E-state index contributed by atoms with van der Waals surface area (Å²) in [6.07, 6.45) is -5.99. The average molecular weight is 329 g/mol. The van der Waals surface area contributed by atoms with Crippen LogP contribution in [-0.4, -0.2) is 11.2 Å². The molecule has 1 amide bonds. The molecule has 0 saturated heterocycles. The van der Waals surface area contributed by atoms with Gasteiger partial charge in [0.25, 0.3) is 0 Å². The number of hydrogen-bond donors (Lipinski definition) is 2. The van der Waals surface area contributed by atoms with Crippen molar-refractivity contribution in [2.75, 3.05) is 5.32 Å². The summed E-state index contributed by atoms with van der Waals surface area (Å²) in [5, 5.41) is 11.5. The van der Waals surface area contributed by atoms with Crippen LogP contribution in [0.15, 0.2) is 42.5 Å². The van der Waals surface area contributed by atoms with E-state index in [1.807, 2.05) is 5.32 Å². The Morgan fingerprint density at radius 1 is 1.17 bits per heavy atom. The minimum atomic E-state index is -4.95. The van der Waals surface area contributed by atoms with Gasteiger partial charge in [0, 0.05) is 6.07 Å². The number of ether oxygens (including phenoxy) is 1. The molecule has 0 spiro atoms. The summed E-state index contributed by atoms with van der Waals surface area (Å²) in [7, 11) is 0. The van der Waals surface area contributed by atoms with Gasteiger partial charge in [-0.15, -0.1) is 0 Å². The number of alkyl halides is 3. The van der Waals surface area contributed by atoms with Crippen LogP contribution in [0.2, 0.25) is 0 Å². The van der Waals surface area contributed by atoms with Crippen molar-refractivity contribution >= 4 is 11.8 Å². The van der Waals surface area contributed by atoms with E-state index in [1.54, 1.807) is 30.3 Å². The molecular weight excluding hydrogens is 318 g/mol. The zero-order chi connectivity index (χ0) is 17.0. The number of benzene rings is 2. The highest BCUT2D eigenvalue weighted by Crippen LogP contribution is 2.36. The number of phenols is 1. The van der Waals surface area contributed by atoms with Gasteiger partial charge in [-0.05, 0) is 11.6 Å². The molecule has 2 N–H and O–H groups in total. The van der Waals surface area contributed by atoms with Gasteiger partial charge in [0.05, 0.1) is 11.3 Å². The van der Waals surface area contributed by atoms with Crippen LogP contribution in [0.5, 0.6) is 5.75 Å². The van der Waals surface area contributed by atoms with Crippen LogP contribution in [0.4, 0.5) is 28.0 Å². The Balaban J connectivity index is 2.05. The van der Waals surface area contributed by atoms with Crippen molar-refractivity contribution in [1.29, 1.82) is 0 Å². The van der Waals surface area contributed by atoms with Gasteiger partial charge < -0.3 is 9.84 Å². The summed E-state index contributed by atoms with van der Waals surface area (Å²) in [6, 6.07) is 9.20. The van der Waals surface area contributed by atoms with E-state index in [0.29, 0.717) is 11.6 Å². The number of hydrogen-bond acceptors (Lipinski definition) is 3. The van der Waals surface area contributed by atoms with Crippen molar-refractivity contribution in [3.8, 4) is 5.75 Å². The lowest BCUT2D eigenvalue weighted by molar-refractivity contribution is -0.140. The number of phenolic OH excluding ortho intramolecular Hbond substituents is 1. The molecule has 0 aliphatic rings. The van der Waals surface area contributed by atoms with E-state index in [4.69, 9.17) is 4.74 Å². The van der Waals surface area contributed by atoms with E-state index in [2.05, 4.69) is 0 Å². The summed E-state index contributed by atoms with van der Waals surface area (Å²) in [6.45, 7) is -0.0868. The Labute approximate surface area is 128 Å². The number of amides is 1. The molecular formula is C15H11F4NO3. The van der Waals surface area contributed by atoms with Crippen LogP contribution in [0.25, 0.3) is 0 Å². The lowest BCUT2D eigenvalue weighted by Crippen LogP contribution is -2.15. The van der Waals surface area contributed by atoms with Gasteiger partial charge in [-0.2, -0.15) is 13.2 Å². The van der Waals surface area contributed by atoms with E-state index >= 15 is 0 Å². The third-order valence-corrected chi connectivity index (χ3v) is 2.84. The van der Waals surface area contributed by atoms with Crippen molar-refractivity contribution < 1.29 is 32.2 Å². The Bertz CT molecular complexity index is 702. The number of aromatic hydroxyl groups is 1. The fourth-order valence-electron chi connectivity index (χ4n) is 1.75. The van der Waals surface area contributed by atoms with E-state index < -0.39 is 35.1 Å². The molecule has 0 saturated carbocycles. The molecule has 4 nitrogen and oxygen atoms in total. The van der Waals surface area contributed by atoms with E-state index in [0.717, 1.165) is 0 Å². The lowest BCUT2D eigenvalue weighted by Gasteiger charge is -2.12. The summed E-state index contributed by atoms with van der Waals surface area (Å²) in [4.78, 5) is 11.5. The molecule has 0 atom stereocenters. The van der Waals surface area contributed by atoms with Gasteiger partial charge in [0.2, 0.25) is 0 Å². The fourth-order valence-corrected chi connectivity index (χ4v) is 1.75. The van der Waals surface area contributed by atoms with Crippen LogP contribution in [-0.2, 0) is 17.5 Å². The first kappa shape index (κ1) is 16.6. The third kappa shape index (κ3) is 4.35. The van der Waals surface area contributed by atoms with Crippen LogP contribution < -0.4 is 5.32 Å². The number of anilines is 1. The molecule has 0 aliphatic heterocycles. The van der Waals surface area contributed by atoms with Gasteiger partial charge >= 0.3 is 12.3 Å². The molecule has 122 valence electrons. The van der Waals surface area contributed by atoms with E-state index in [-0.39, 0.29) is 12.7 Å². The maximum atomic E-state index is 13.4. The van der Waals surface area contributed by atoms with Crippen LogP contribution in [0, 0.1) is 5.82 Å². The molecule has 0 bridgehead atoms. The van der Waals surface area contributed by atoms with E-state index in [9.17, 15) is 27.5 Å².